The van der Waals surface area contributed by atoms with Crippen LogP contribution < -0.4 is 4.90 Å². The van der Waals surface area contributed by atoms with Crippen LogP contribution in [0.4, 0.5) is 10.5 Å². The third-order valence-electron chi connectivity index (χ3n) is 3.10. The first-order valence-electron chi connectivity index (χ1n) is 7.40. The number of halogens is 1. The smallest absolute Gasteiger partial charge is 0.415 e. The molecule has 0 fully saturated rings. The van der Waals surface area contributed by atoms with E-state index >= 15 is 0 Å². The maximum Gasteiger partial charge on any atom is 0.415 e. The molecule has 5 nitrogen and oxygen atoms in total. The zero-order valence-corrected chi connectivity index (χ0v) is 14.5. The van der Waals surface area contributed by atoms with Crippen molar-refractivity contribution in [2.45, 2.75) is 26.4 Å². The molecule has 2 rings (SSSR count). The number of anilines is 1. The number of carbonyl (C=O) groups is 1. The van der Waals surface area contributed by atoms with Crippen molar-refractivity contribution < 1.29 is 9.53 Å². The van der Waals surface area contributed by atoms with E-state index in [2.05, 4.69) is 4.98 Å². The van der Waals surface area contributed by atoms with Gasteiger partial charge in [-0.3, -0.25) is 9.88 Å². The molecule has 0 unspecified atom stereocenters. The van der Waals surface area contributed by atoms with Crippen LogP contribution in [0.15, 0.2) is 42.7 Å². The topological polar surface area (TPSA) is 66.2 Å². The number of ether oxygens (including phenoxy) is 1. The summed E-state index contributed by atoms with van der Waals surface area (Å²) >= 11 is 6.28. The average molecular weight is 344 g/mol. The summed E-state index contributed by atoms with van der Waals surface area (Å²) in [5, 5.41) is 9.66. The van der Waals surface area contributed by atoms with Gasteiger partial charge in [0, 0.05) is 22.3 Å². The molecule has 2 aromatic rings. The maximum absolute atomic E-state index is 12.5. The maximum atomic E-state index is 12.5. The molecule has 0 saturated heterocycles. The van der Waals surface area contributed by atoms with Crippen LogP contribution in [-0.2, 0) is 4.74 Å². The van der Waals surface area contributed by atoms with E-state index in [0.29, 0.717) is 16.3 Å². The number of carbonyl (C=O) groups excluding carboxylic acids is 1. The SMILES string of the molecule is CC(C)(C)OC(=O)N(CC#N)c1cnccc1-c1ccccc1Cl. The first-order chi connectivity index (χ1) is 11.3. The fourth-order valence-corrected chi connectivity index (χ4v) is 2.38. The van der Waals surface area contributed by atoms with Gasteiger partial charge in [-0.25, -0.2) is 4.79 Å². The molecule has 0 radical (unpaired) electrons. The standard InChI is InChI=1S/C18H18ClN3O2/c1-18(2,3)24-17(23)22(11-9-20)16-12-21-10-8-14(16)13-6-4-5-7-15(13)19/h4-8,10,12H,11H2,1-3H3. The predicted molar refractivity (Wildman–Crippen MR) is 93.9 cm³/mol. The van der Waals surface area contributed by atoms with Crippen LogP contribution in [0.2, 0.25) is 5.02 Å². The predicted octanol–water partition coefficient (Wildman–Crippen LogP) is 4.67. The Morgan fingerprint density at radius 1 is 1.29 bits per heavy atom. The Balaban J connectivity index is 2.51. The number of benzene rings is 1. The van der Waals surface area contributed by atoms with Gasteiger partial charge in [-0.2, -0.15) is 5.26 Å². The lowest BCUT2D eigenvalue weighted by Crippen LogP contribution is -2.37. The van der Waals surface area contributed by atoms with Crippen molar-refractivity contribution >= 4 is 23.4 Å². The molecule has 0 aliphatic carbocycles. The van der Waals surface area contributed by atoms with Crippen molar-refractivity contribution in [3.8, 4) is 17.2 Å². The van der Waals surface area contributed by atoms with E-state index in [0.717, 1.165) is 5.56 Å². The number of nitriles is 1. The summed E-state index contributed by atoms with van der Waals surface area (Å²) in [4.78, 5) is 17.9. The fourth-order valence-electron chi connectivity index (χ4n) is 2.14. The molecule has 24 heavy (non-hydrogen) atoms. The molecule has 6 heteroatoms. The number of nitrogens with zero attached hydrogens (tertiary/aromatic N) is 3. The van der Waals surface area contributed by atoms with Gasteiger partial charge in [-0.1, -0.05) is 29.8 Å². The van der Waals surface area contributed by atoms with Gasteiger partial charge in [-0.15, -0.1) is 0 Å². The first-order valence-corrected chi connectivity index (χ1v) is 7.77. The highest BCUT2D eigenvalue weighted by molar-refractivity contribution is 6.33. The quantitative estimate of drug-likeness (QED) is 0.760. The van der Waals surface area contributed by atoms with E-state index in [9.17, 15) is 4.79 Å². The summed E-state index contributed by atoms with van der Waals surface area (Å²) in [6.45, 7) is 5.16. The Morgan fingerprint density at radius 2 is 2.00 bits per heavy atom. The van der Waals surface area contributed by atoms with Crippen LogP contribution in [-0.4, -0.2) is 23.2 Å². The van der Waals surface area contributed by atoms with Crippen molar-refractivity contribution in [1.82, 2.24) is 4.98 Å². The van der Waals surface area contributed by atoms with E-state index in [1.54, 1.807) is 39.1 Å². The second-order valence-corrected chi connectivity index (χ2v) is 6.50. The van der Waals surface area contributed by atoms with Crippen molar-refractivity contribution in [3.05, 3.63) is 47.7 Å². The lowest BCUT2D eigenvalue weighted by molar-refractivity contribution is 0.0585. The Kier molecular flexibility index (Phi) is 5.42. The molecule has 0 bridgehead atoms. The second kappa shape index (κ2) is 7.33. The van der Waals surface area contributed by atoms with E-state index in [1.165, 1.54) is 11.1 Å². The summed E-state index contributed by atoms with van der Waals surface area (Å²) in [5.41, 5.74) is 1.26. The van der Waals surface area contributed by atoms with Gasteiger partial charge < -0.3 is 4.74 Å². The Labute approximate surface area is 146 Å². The van der Waals surface area contributed by atoms with Crippen molar-refractivity contribution in [2.24, 2.45) is 0 Å². The second-order valence-electron chi connectivity index (χ2n) is 6.10. The molecule has 0 saturated carbocycles. The van der Waals surface area contributed by atoms with Crippen LogP contribution in [0.25, 0.3) is 11.1 Å². The molecule has 0 spiro atoms. The minimum Gasteiger partial charge on any atom is -0.443 e. The molecule has 1 aromatic carbocycles. The van der Waals surface area contributed by atoms with Gasteiger partial charge in [0.25, 0.3) is 0 Å². The monoisotopic (exact) mass is 343 g/mol. The van der Waals surface area contributed by atoms with E-state index in [4.69, 9.17) is 21.6 Å². The number of rotatable bonds is 3. The summed E-state index contributed by atoms with van der Waals surface area (Å²) in [5.74, 6) is 0. The van der Waals surface area contributed by atoms with Crippen LogP contribution >= 0.6 is 11.6 Å². The number of pyridine rings is 1. The fraction of sp³-hybridized carbons (Fsp3) is 0.278. The van der Waals surface area contributed by atoms with Gasteiger partial charge >= 0.3 is 6.09 Å². The van der Waals surface area contributed by atoms with Gasteiger partial charge in [0.15, 0.2) is 0 Å². The number of amides is 1. The number of hydrogen-bond acceptors (Lipinski definition) is 4. The van der Waals surface area contributed by atoms with Crippen molar-refractivity contribution in [1.29, 1.82) is 5.26 Å². The highest BCUT2D eigenvalue weighted by Crippen LogP contribution is 2.35. The van der Waals surface area contributed by atoms with Crippen LogP contribution in [0.3, 0.4) is 0 Å². The van der Waals surface area contributed by atoms with Crippen molar-refractivity contribution in [3.63, 3.8) is 0 Å². The molecular weight excluding hydrogens is 326 g/mol. The summed E-state index contributed by atoms with van der Waals surface area (Å²) in [6, 6.07) is 11.0. The van der Waals surface area contributed by atoms with Crippen LogP contribution in [0.5, 0.6) is 0 Å². The Bertz CT molecular complexity index is 778. The molecule has 1 aromatic heterocycles. The summed E-state index contributed by atoms with van der Waals surface area (Å²) in [6.07, 6.45) is 2.53. The summed E-state index contributed by atoms with van der Waals surface area (Å²) < 4.78 is 5.40. The lowest BCUT2D eigenvalue weighted by atomic mass is 10.0. The third kappa shape index (κ3) is 4.24. The molecular formula is C18H18ClN3O2. The highest BCUT2D eigenvalue weighted by Gasteiger charge is 2.25. The largest absolute Gasteiger partial charge is 0.443 e. The molecule has 1 heterocycles. The van der Waals surface area contributed by atoms with E-state index < -0.39 is 11.7 Å². The van der Waals surface area contributed by atoms with Crippen LogP contribution in [0.1, 0.15) is 20.8 Å². The zero-order chi connectivity index (χ0) is 17.7. The van der Waals surface area contributed by atoms with Crippen LogP contribution in [0, 0.1) is 11.3 Å². The molecule has 0 atom stereocenters. The lowest BCUT2D eigenvalue weighted by Gasteiger charge is -2.27. The Morgan fingerprint density at radius 3 is 2.62 bits per heavy atom. The van der Waals surface area contributed by atoms with Crippen molar-refractivity contribution in [2.75, 3.05) is 11.4 Å². The van der Waals surface area contributed by atoms with Gasteiger partial charge in [0.1, 0.15) is 12.1 Å². The normalized spacial score (nSPS) is 10.8. The number of hydrogen-bond donors (Lipinski definition) is 0. The summed E-state index contributed by atoms with van der Waals surface area (Å²) in [7, 11) is 0. The minimum atomic E-state index is -0.669. The minimum absolute atomic E-state index is 0.155. The van der Waals surface area contributed by atoms with Gasteiger partial charge in [-0.05, 0) is 32.9 Å². The first kappa shape index (κ1) is 17.8. The molecule has 0 N–H and O–H groups in total. The average Bonchev–Trinajstić information content (AvgIpc) is 2.51. The third-order valence-corrected chi connectivity index (χ3v) is 3.43. The molecule has 124 valence electrons. The Hall–Kier alpha value is -2.58. The van der Waals surface area contributed by atoms with Gasteiger partial charge in [0.05, 0.1) is 18.0 Å². The number of aromatic nitrogens is 1. The molecule has 0 aliphatic rings. The van der Waals surface area contributed by atoms with Gasteiger partial charge in [0.2, 0.25) is 0 Å². The molecule has 1 amide bonds. The van der Waals surface area contributed by atoms with E-state index in [-0.39, 0.29) is 6.54 Å². The molecule has 0 aliphatic heterocycles. The van der Waals surface area contributed by atoms with E-state index in [1.807, 2.05) is 24.3 Å². The zero-order valence-electron chi connectivity index (χ0n) is 13.8. The highest BCUT2D eigenvalue weighted by atomic mass is 35.5.